The molecule has 0 bridgehead atoms. The molecule has 1 aliphatic heterocycles. The monoisotopic (exact) mass is 125 g/mol. The van der Waals surface area contributed by atoms with E-state index in [0.717, 1.165) is 6.54 Å². The molecule has 1 N–H and O–H groups in total. The molecule has 0 aromatic heterocycles. The number of hydrogen-bond donors (Lipinski definition) is 1. The molecular weight excluding hydrogens is 110 g/mol. The lowest BCUT2D eigenvalue weighted by molar-refractivity contribution is 0.697. The van der Waals surface area contributed by atoms with E-state index in [4.69, 9.17) is 0 Å². The number of hydrogen-bond acceptors (Lipinski definition) is 1. The number of rotatable bonds is 1. The molecule has 0 fully saturated rings. The van der Waals surface area contributed by atoms with Crippen LogP contribution in [0.2, 0.25) is 0 Å². The summed E-state index contributed by atoms with van der Waals surface area (Å²) in [5.74, 6) is 0. The highest BCUT2D eigenvalue weighted by Gasteiger charge is 2.14. The lowest BCUT2D eigenvalue weighted by Crippen LogP contribution is -2.19. The second-order valence-corrected chi connectivity index (χ2v) is 2.74. The summed E-state index contributed by atoms with van der Waals surface area (Å²) in [6.07, 6.45) is 1.21. The van der Waals surface area contributed by atoms with Crippen LogP contribution in [0.1, 0.15) is 27.2 Å². The molecule has 1 atom stereocenters. The summed E-state index contributed by atoms with van der Waals surface area (Å²) in [7, 11) is 0. The second-order valence-electron chi connectivity index (χ2n) is 2.74. The van der Waals surface area contributed by atoms with Gasteiger partial charge in [-0.15, -0.1) is 0 Å². The van der Waals surface area contributed by atoms with Gasteiger partial charge in [0.25, 0.3) is 0 Å². The molecule has 0 amide bonds. The van der Waals surface area contributed by atoms with Crippen molar-refractivity contribution in [1.29, 1.82) is 0 Å². The van der Waals surface area contributed by atoms with E-state index < -0.39 is 0 Å². The highest BCUT2D eigenvalue weighted by atomic mass is 14.9. The van der Waals surface area contributed by atoms with Crippen LogP contribution in [0.5, 0.6) is 0 Å². The Morgan fingerprint density at radius 1 is 1.67 bits per heavy atom. The third kappa shape index (κ3) is 1.16. The Balaban J connectivity index is 2.68. The van der Waals surface area contributed by atoms with Crippen molar-refractivity contribution in [3.05, 3.63) is 11.1 Å². The predicted octanol–water partition coefficient (Wildman–Crippen LogP) is 1.70. The molecular formula is C8H15N. The Morgan fingerprint density at radius 3 is 2.56 bits per heavy atom. The summed E-state index contributed by atoms with van der Waals surface area (Å²) < 4.78 is 0. The minimum atomic E-state index is 0.625. The molecule has 9 heavy (non-hydrogen) atoms. The first-order valence-corrected chi connectivity index (χ1v) is 3.67. The van der Waals surface area contributed by atoms with E-state index in [0.29, 0.717) is 6.04 Å². The van der Waals surface area contributed by atoms with Gasteiger partial charge in [0.2, 0.25) is 0 Å². The first-order valence-electron chi connectivity index (χ1n) is 3.67. The first-order chi connectivity index (χ1) is 4.25. The summed E-state index contributed by atoms with van der Waals surface area (Å²) in [6, 6.07) is 0.625. The van der Waals surface area contributed by atoms with Gasteiger partial charge in [0.15, 0.2) is 0 Å². The third-order valence-electron chi connectivity index (χ3n) is 2.26. The zero-order chi connectivity index (χ0) is 6.85. The van der Waals surface area contributed by atoms with Crippen molar-refractivity contribution >= 4 is 0 Å². The fourth-order valence-corrected chi connectivity index (χ4v) is 1.28. The zero-order valence-electron chi connectivity index (χ0n) is 6.49. The maximum absolute atomic E-state index is 3.40. The molecule has 0 radical (unpaired) electrons. The Bertz CT molecular complexity index is 136. The van der Waals surface area contributed by atoms with E-state index in [9.17, 15) is 0 Å². The fourth-order valence-electron chi connectivity index (χ4n) is 1.28. The van der Waals surface area contributed by atoms with Crippen molar-refractivity contribution in [2.24, 2.45) is 0 Å². The van der Waals surface area contributed by atoms with Crippen molar-refractivity contribution in [3.63, 3.8) is 0 Å². The van der Waals surface area contributed by atoms with E-state index in [1.54, 1.807) is 11.1 Å². The van der Waals surface area contributed by atoms with E-state index in [1.165, 1.54) is 6.42 Å². The quantitative estimate of drug-likeness (QED) is 0.526. The molecule has 1 heteroatoms. The molecule has 1 rings (SSSR count). The van der Waals surface area contributed by atoms with Crippen molar-refractivity contribution in [2.45, 2.75) is 33.2 Å². The van der Waals surface area contributed by atoms with Gasteiger partial charge in [0.1, 0.15) is 0 Å². The molecule has 0 aromatic rings. The lowest BCUT2D eigenvalue weighted by Gasteiger charge is -2.02. The standard InChI is InChI=1S/C8H15N/c1-4-8-5-9-7(3)6(8)2/h7,9H,4-5H2,1-3H3. The van der Waals surface area contributed by atoms with Crippen LogP contribution in [-0.4, -0.2) is 12.6 Å². The summed E-state index contributed by atoms with van der Waals surface area (Å²) in [5, 5.41) is 3.40. The van der Waals surface area contributed by atoms with Gasteiger partial charge in [-0.3, -0.25) is 0 Å². The number of nitrogens with one attached hydrogen (secondary N) is 1. The maximum atomic E-state index is 3.40. The third-order valence-corrected chi connectivity index (χ3v) is 2.26. The SMILES string of the molecule is CCC1=C(C)C(C)NC1. The van der Waals surface area contributed by atoms with Gasteiger partial charge in [-0.25, -0.2) is 0 Å². The molecule has 0 saturated heterocycles. The summed E-state index contributed by atoms with van der Waals surface area (Å²) in [6.45, 7) is 7.78. The van der Waals surface area contributed by atoms with E-state index >= 15 is 0 Å². The first kappa shape index (κ1) is 6.81. The lowest BCUT2D eigenvalue weighted by atomic mass is 10.1. The topological polar surface area (TPSA) is 12.0 Å². The summed E-state index contributed by atoms with van der Waals surface area (Å²) >= 11 is 0. The van der Waals surface area contributed by atoms with Crippen LogP contribution in [-0.2, 0) is 0 Å². The van der Waals surface area contributed by atoms with Gasteiger partial charge >= 0.3 is 0 Å². The fraction of sp³-hybridized carbons (Fsp3) is 0.750. The van der Waals surface area contributed by atoms with Crippen LogP contribution in [0.25, 0.3) is 0 Å². The summed E-state index contributed by atoms with van der Waals surface area (Å²) in [5.41, 5.74) is 3.15. The molecule has 1 heterocycles. The minimum absolute atomic E-state index is 0.625. The highest BCUT2D eigenvalue weighted by Crippen LogP contribution is 2.16. The second kappa shape index (κ2) is 2.53. The molecule has 1 nitrogen and oxygen atoms in total. The van der Waals surface area contributed by atoms with Crippen molar-refractivity contribution in [2.75, 3.05) is 6.54 Å². The van der Waals surface area contributed by atoms with E-state index in [2.05, 4.69) is 26.1 Å². The van der Waals surface area contributed by atoms with Gasteiger partial charge in [-0.05, 0) is 20.3 Å². The van der Waals surface area contributed by atoms with Crippen LogP contribution >= 0.6 is 0 Å². The van der Waals surface area contributed by atoms with Gasteiger partial charge in [-0.2, -0.15) is 0 Å². The van der Waals surface area contributed by atoms with Crippen LogP contribution in [0.4, 0.5) is 0 Å². The van der Waals surface area contributed by atoms with Crippen LogP contribution < -0.4 is 5.32 Å². The van der Waals surface area contributed by atoms with Crippen molar-refractivity contribution in [1.82, 2.24) is 5.32 Å². The molecule has 0 aliphatic carbocycles. The normalized spacial score (nSPS) is 27.7. The van der Waals surface area contributed by atoms with Crippen molar-refractivity contribution in [3.8, 4) is 0 Å². The zero-order valence-corrected chi connectivity index (χ0v) is 6.49. The Morgan fingerprint density at radius 2 is 2.33 bits per heavy atom. The van der Waals surface area contributed by atoms with Crippen LogP contribution in [0.15, 0.2) is 11.1 Å². The van der Waals surface area contributed by atoms with E-state index in [1.807, 2.05) is 0 Å². The van der Waals surface area contributed by atoms with Gasteiger partial charge in [-0.1, -0.05) is 18.1 Å². The summed E-state index contributed by atoms with van der Waals surface area (Å²) in [4.78, 5) is 0. The molecule has 0 spiro atoms. The van der Waals surface area contributed by atoms with Crippen LogP contribution in [0, 0.1) is 0 Å². The molecule has 0 saturated carbocycles. The van der Waals surface area contributed by atoms with Gasteiger partial charge in [0.05, 0.1) is 0 Å². The average Bonchev–Trinajstić information content (AvgIpc) is 2.15. The molecule has 0 aromatic carbocycles. The Hall–Kier alpha value is -0.300. The molecule has 1 aliphatic rings. The molecule has 1 unspecified atom stereocenters. The van der Waals surface area contributed by atoms with Gasteiger partial charge < -0.3 is 5.32 Å². The maximum Gasteiger partial charge on any atom is 0.0254 e. The smallest absolute Gasteiger partial charge is 0.0254 e. The average molecular weight is 125 g/mol. The Labute approximate surface area is 57.1 Å². The van der Waals surface area contributed by atoms with Gasteiger partial charge in [0, 0.05) is 12.6 Å². The predicted molar refractivity (Wildman–Crippen MR) is 40.5 cm³/mol. The Kier molecular flexibility index (Phi) is 1.91. The van der Waals surface area contributed by atoms with Crippen LogP contribution in [0.3, 0.4) is 0 Å². The largest absolute Gasteiger partial charge is 0.307 e. The minimum Gasteiger partial charge on any atom is -0.307 e. The van der Waals surface area contributed by atoms with E-state index in [-0.39, 0.29) is 0 Å². The highest BCUT2D eigenvalue weighted by molar-refractivity contribution is 5.23. The van der Waals surface area contributed by atoms with Crippen molar-refractivity contribution < 1.29 is 0 Å². The molecule has 52 valence electrons.